The number of H-pyrrole nitrogens is 1. The molecule has 1 saturated heterocycles. The highest BCUT2D eigenvalue weighted by atomic mass is 15.2. The third-order valence-corrected chi connectivity index (χ3v) is 3.33. The average Bonchev–Trinajstić information content (AvgIpc) is 2.64. The maximum Gasteiger partial charge on any atom is 0.108 e. The summed E-state index contributed by atoms with van der Waals surface area (Å²) in [6, 6.07) is 0. The first-order valence-corrected chi connectivity index (χ1v) is 6.04. The van der Waals surface area contributed by atoms with Crippen molar-refractivity contribution in [2.24, 2.45) is 0 Å². The van der Waals surface area contributed by atoms with Gasteiger partial charge in [0.15, 0.2) is 0 Å². The molecule has 0 atom stereocenters. The molecule has 4 heteroatoms. The lowest BCUT2D eigenvalue weighted by Crippen LogP contribution is -2.54. The third kappa shape index (κ3) is 2.62. The monoisotopic (exact) mass is 222 g/mol. The first kappa shape index (κ1) is 11.6. The zero-order valence-corrected chi connectivity index (χ0v) is 10.5. The van der Waals surface area contributed by atoms with Crippen LogP contribution in [0.25, 0.3) is 0 Å². The van der Waals surface area contributed by atoms with Crippen molar-refractivity contribution >= 4 is 0 Å². The third-order valence-electron chi connectivity index (χ3n) is 3.33. The summed E-state index contributed by atoms with van der Waals surface area (Å²) >= 11 is 0. The molecule has 0 aliphatic carbocycles. The molecule has 0 unspecified atom stereocenters. The van der Waals surface area contributed by atoms with Crippen molar-refractivity contribution in [3.63, 3.8) is 0 Å². The number of aromatic nitrogens is 2. The number of piperazine rings is 1. The summed E-state index contributed by atoms with van der Waals surface area (Å²) in [6.45, 7) is 11.1. The number of nitrogens with one attached hydrogen (secondary N) is 2. The van der Waals surface area contributed by atoms with Crippen LogP contribution in [0.1, 0.15) is 25.4 Å². The highest BCUT2D eigenvalue weighted by Crippen LogP contribution is 2.19. The van der Waals surface area contributed by atoms with Crippen LogP contribution < -0.4 is 5.32 Å². The molecule has 0 bridgehead atoms. The SMILES string of the molecule is Cc1cnc(CC(C)(C)N2CCNCC2)[nH]1. The van der Waals surface area contributed by atoms with Crippen LogP contribution in [0, 0.1) is 6.92 Å². The summed E-state index contributed by atoms with van der Waals surface area (Å²) in [6.07, 6.45) is 2.89. The summed E-state index contributed by atoms with van der Waals surface area (Å²) in [5.74, 6) is 1.10. The molecule has 0 radical (unpaired) electrons. The Morgan fingerprint density at radius 2 is 2.06 bits per heavy atom. The molecule has 4 nitrogen and oxygen atoms in total. The normalized spacial score (nSPS) is 18.9. The van der Waals surface area contributed by atoms with Gasteiger partial charge in [-0.1, -0.05) is 0 Å². The van der Waals surface area contributed by atoms with Crippen LogP contribution in [-0.4, -0.2) is 46.6 Å². The van der Waals surface area contributed by atoms with Crippen molar-refractivity contribution in [1.29, 1.82) is 0 Å². The number of rotatable bonds is 3. The summed E-state index contributed by atoms with van der Waals surface area (Å²) in [5, 5.41) is 3.39. The molecule has 0 amide bonds. The van der Waals surface area contributed by atoms with E-state index in [0.29, 0.717) is 0 Å². The lowest BCUT2D eigenvalue weighted by molar-refractivity contribution is 0.102. The minimum absolute atomic E-state index is 0.187. The molecule has 1 aliphatic rings. The number of aromatic amines is 1. The van der Waals surface area contributed by atoms with Gasteiger partial charge in [0.05, 0.1) is 0 Å². The van der Waals surface area contributed by atoms with Crippen LogP contribution in [0.2, 0.25) is 0 Å². The molecular weight excluding hydrogens is 200 g/mol. The molecule has 1 aliphatic heterocycles. The second-order valence-corrected chi connectivity index (χ2v) is 5.24. The van der Waals surface area contributed by atoms with Crippen LogP contribution >= 0.6 is 0 Å². The van der Waals surface area contributed by atoms with Crippen molar-refractivity contribution in [2.45, 2.75) is 32.7 Å². The molecule has 1 aromatic heterocycles. The van der Waals surface area contributed by atoms with E-state index in [4.69, 9.17) is 0 Å². The molecule has 2 rings (SSSR count). The second kappa shape index (κ2) is 4.55. The zero-order valence-electron chi connectivity index (χ0n) is 10.5. The van der Waals surface area contributed by atoms with Gasteiger partial charge in [-0.05, 0) is 20.8 Å². The van der Waals surface area contributed by atoms with Crippen LogP contribution in [0.4, 0.5) is 0 Å². The fourth-order valence-electron chi connectivity index (χ4n) is 2.35. The number of aryl methyl sites for hydroxylation is 1. The summed E-state index contributed by atoms with van der Waals surface area (Å²) in [7, 11) is 0. The van der Waals surface area contributed by atoms with E-state index in [0.717, 1.165) is 44.1 Å². The maximum absolute atomic E-state index is 4.40. The number of hydrogen-bond donors (Lipinski definition) is 2. The van der Waals surface area contributed by atoms with Gasteiger partial charge in [0.2, 0.25) is 0 Å². The topological polar surface area (TPSA) is 44.0 Å². The van der Waals surface area contributed by atoms with Crippen LogP contribution in [0.5, 0.6) is 0 Å². The van der Waals surface area contributed by atoms with Crippen molar-refractivity contribution in [2.75, 3.05) is 26.2 Å². The average molecular weight is 222 g/mol. The van der Waals surface area contributed by atoms with E-state index in [2.05, 4.69) is 34.0 Å². The largest absolute Gasteiger partial charge is 0.346 e. The molecule has 1 aromatic rings. The lowest BCUT2D eigenvalue weighted by Gasteiger charge is -2.40. The molecule has 0 spiro atoms. The van der Waals surface area contributed by atoms with Crippen molar-refractivity contribution in [1.82, 2.24) is 20.2 Å². The van der Waals surface area contributed by atoms with Gasteiger partial charge in [0.1, 0.15) is 5.82 Å². The first-order valence-electron chi connectivity index (χ1n) is 6.04. The number of nitrogens with zero attached hydrogens (tertiary/aromatic N) is 2. The van der Waals surface area contributed by atoms with Crippen molar-refractivity contribution in [3.05, 3.63) is 17.7 Å². The van der Waals surface area contributed by atoms with Gasteiger partial charge in [-0.25, -0.2) is 4.98 Å². The van der Waals surface area contributed by atoms with Crippen LogP contribution in [-0.2, 0) is 6.42 Å². The minimum Gasteiger partial charge on any atom is -0.346 e. The molecule has 90 valence electrons. The predicted octanol–water partition coefficient (Wildman–Crippen LogP) is 0.944. The fourth-order valence-corrected chi connectivity index (χ4v) is 2.35. The highest BCUT2D eigenvalue weighted by Gasteiger charge is 2.28. The highest BCUT2D eigenvalue weighted by molar-refractivity contribution is 5.03. The Labute approximate surface area is 97.4 Å². The van der Waals surface area contributed by atoms with E-state index in [-0.39, 0.29) is 5.54 Å². The minimum atomic E-state index is 0.187. The second-order valence-electron chi connectivity index (χ2n) is 5.24. The fraction of sp³-hybridized carbons (Fsp3) is 0.750. The van der Waals surface area contributed by atoms with Gasteiger partial charge in [0.25, 0.3) is 0 Å². The number of hydrogen-bond acceptors (Lipinski definition) is 3. The van der Waals surface area contributed by atoms with Gasteiger partial charge in [-0.3, -0.25) is 4.90 Å². The van der Waals surface area contributed by atoms with Gasteiger partial charge in [-0.2, -0.15) is 0 Å². The quantitative estimate of drug-likeness (QED) is 0.800. The van der Waals surface area contributed by atoms with Gasteiger partial charge in [0, 0.05) is 50.0 Å². The Balaban J connectivity index is 2.00. The van der Waals surface area contributed by atoms with Crippen molar-refractivity contribution < 1.29 is 0 Å². The van der Waals surface area contributed by atoms with E-state index in [1.807, 2.05) is 13.1 Å². The summed E-state index contributed by atoms with van der Waals surface area (Å²) in [5.41, 5.74) is 1.33. The van der Waals surface area contributed by atoms with E-state index in [1.54, 1.807) is 0 Å². The van der Waals surface area contributed by atoms with Crippen LogP contribution in [0.3, 0.4) is 0 Å². The molecule has 16 heavy (non-hydrogen) atoms. The maximum atomic E-state index is 4.40. The predicted molar refractivity (Wildman–Crippen MR) is 65.6 cm³/mol. The van der Waals surface area contributed by atoms with E-state index in [9.17, 15) is 0 Å². The Hall–Kier alpha value is -0.870. The smallest absolute Gasteiger partial charge is 0.108 e. The number of imidazole rings is 1. The lowest BCUT2D eigenvalue weighted by atomic mass is 9.97. The molecule has 1 fully saturated rings. The Morgan fingerprint density at radius 3 is 2.62 bits per heavy atom. The Kier molecular flexibility index (Phi) is 3.30. The molecule has 0 saturated carbocycles. The van der Waals surface area contributed by atoms with Crippen molar-refractivity contribution in [3.8, 4) is 0 Å². The first-order chi connectivity index (χ1) is 7.58. The standard InChI is InChI=1S/C12H22N4/c1-10-9-14-11(15-10)8-12(2,3)16-6-4-13-5-7-16/h9,13H,4-8H2,1-3H3,(H,14,15). The molecule has 2 heterocycles. The van der Waals surface area contributed by atoms with E-state index in [1.165, 1.54) is 0 Å². The van der Waals surface area contributed by atoms with E-state index < -0.39 is 0 Å². The Bertz CT molecular complexity index is 337. The van der Waals surface area contributed by atoms with Gasteiger partial charge in [-0.15, -0.1) is 0 Å². The van der Waals surface area contributed by atoms with Crippen LogP contribution in [0.15, 0.2) is 6.20 Å². The Morgan fingerprint density at radius 1 is 1.38 bits per heavy atom. The molecule has 2 N–H and O–H groups in total. The van der Waals surface area contributed by atoms with Gasteiger partial charge >= 0.3 is 0 Å². The zero-order chi connectivity index (χ0) is 11.6. The molecule has 0 aromatic carbocycles. The van der Waals surface area contributed by atoms with E-state index >= 15 is 0 Å². The molecular formula is C12H22N4. The summed E-state index contributed by atoms with van der Waals surface area (Å²) < 4.78 is 0. The van der Waals surface area contributed by atoms with Gasteiger partial charge < -0.3 is 10.3 Å². The summed E-state index contributed by atoms with van der Waals surface area (Å²) in [4.78, 5) is 10.3.